The molecule has 1 saturated heterocycles. The van der Waals surface area contributed by atoms with E-state index in [9.17, 15) is 9.90 Å². The van der Waals surface area contributed by atoms with Gasteiger partial charge in [-0.05, 0) is 48.4 Å². The Labute approximate surface area is 191 Å². The van der Waals surface area contributed by atoms with Gasteiger partial charge in [0.05, 0.1) is 24.3 Å². The molecule has 0 aromatic heterocycles. The molecule has 1 atom stereocenters. The number of rotatable bonds is 5. The summed E-state index contributed by atoms with van der Waals surface area (Å²) in [7, 11) is 1.26. The molecule has 7 N–H and O–H groups in total. The molecule has 2 aromatic carbocycles. The fourth-order valence-corrected chi connectivity index (χ4v) is 4.06. The number of esters is 1. The SMILES string of the molecule is COC(=O)c1ccc(C2CN(C(/C=C(\N)c3ccccc3O)=C(N)N)CCC2(F)F)c(C)c1. The summed E-state index contributed by atoms with van der Waals surface area (Å²) in [4.78, 5) is 13.5. The molecule has 0 amide bonds. The average Bonchev–Trinajstić information content (AvgIpc) is 2.77. The average molecular weight is 459 g/mol. The van der Waals surface area contributed by atoms with Gasteiger partial charge in [-0.15, -0.1) is 0 Å². The van der Waals surface area contributed by atoms with E-state index in [4.69, 9.17) is 21.9 Å². The molecule has 3 rings (SSSR count). The largest absolute Gasteiger partial charge is 0.507 e. The second-order valence-corrected chi connectivity index (χ2v) is 8.03. The molecule has 0 aliphatic carbocycles. The first-order valence-corrected chi connectivity index (χ1v) is 10.4. The van der Waals surface area contributed by atoms with Crippen molar-refractivity contribution in [2.24, 2.45) is 17.2 Å². The van der Waals surface area contributed by atoms with Gasteiger partial charge in [0.2, 0.25) is 0 Å². The number of alkyl halides is 2. The number of piperidine rings is 1. The first kappa shape index (κ1) is 23.9. The molecule has 0 saturated carbocycles. The Bertz CT molecular complexity index is 1110. The highest BCUT2D eigenvalue weighted by Crippen LogP contribution is 2.42. The van der Waals surface area contributed by atoms with Crippen molar-refractivity contribution in [3.05, 3.63) is 82.3 Å². The molecule has 1 unspecified atom stereocenters. The molecular weight excluding hydrogens is 430 g/mol. The molecule has 0 radical (unpaired) electrons. The predicted molar refractivity (Wildman–Crippen MR) is 122 cm³/mol. The molecule has 7 nitrogen and oxygen atoms in total. The maximum absolute atomic E-state index is 15.0. The summed E-state index contributed by atoms with van der Waals surface area (Å²) in [5, 5.41) is 10.1. The first-order valence-electron chi connectivity index (χ1n) is 10.4. The molecule has 0 spiro atoms. The van der Waals surface area contributed by atoms with Crippen molar-refractivity contribution in [1.82, 2.24) is 4.90 Å². The monoisotopic (exact) mass is 458 g/mol. The topological polar surface area (TPSA) is 128 Å². The van der Waals surface area contributed by atoms with Crippen molar-refractivity contribution in [3.63, 3.8) is 0 Å². The highest BCUT2D eigenvalue weighted by atomic mass is 19.3. The number of nitrogens with zero attached hydrogens (tertiary/aromatic N) is 1. The third kappa shape index (κ3) is 5.02. The second-order valence-electron chi connectivity index (χ2n) is 8.03. The summed E-state index contributed by atoms with van der Waals surface area (Å²) in [6.07, 6.45) is 1.06. The van der Waals surface area contributed by atoms with Gasteiger partial charge in [-0.1, -0.05) is 18.2 Å². The first-order chi connectivity index (χ1) is 15.5. The lowest BCUT2D eigenvalue weighted by atomic mass is 9.84. The maximum Gasteiger partial charge on any atom is 0.337 e. The fraction of sp³-hybridized carbons (Fsp3) is 0.292. The normalized spacial score (nSPS) is 18.0. The van der Waals surface area contributed by atoms with Crippen LogP contribution < -0.4 is 17.2 Å². The van der Waals surface area contributed by atoms with Crippen molar-refractivity contribution in [1.29, 1.82) is 0 Å². The second kappa shape index (κ2) is 9.40. The smallest absolute Gasteiger partial charge is 0.337 e. The minimum absolute atomic E-state index is 0.0145. The lowest BCUT2D eigenvalue weighted by molar-refractivity contribution is -0.0694. The Hall–Kier alpha value is -3.75. The number of hydrogen-bond acceptors (Lipinski definition) is 7. The van der Waals surface area contributed by atoms with Crippen molar-refractivity contribution < 1.29 is 23.4 Å². The van der Waals surface area contributed by atoms with Gasteiger partial charge in [0.15, 0.2) is 0 Å². The van der Waals surface area contributed by atoms with Crippen molar-refractivity contribution in [2.45, 2.75) is 25.2 Å². The molecule has 9 heteroatoms. The van der Waals surface area contributed by atoms with E-state index in [0.717, 1.165) is 0 Å². The van der Waals surface area contributed by atoms with Crippen LogP contribution in [0.25, 0.3) is 5.70 Å². The van der Waals surface area contributed by atoms with E-state index in [1.807, 2.05) is 0 Å². The van der Waals surface area contributed by atoms with Gasteiger partial charge in [-0.3, -0.25) is 0 Å². The zero-order valence-corrected chi connectivity index (χ0v) is 18.5. The number of phenols is 1. The Morgan fingerprint density at radius 2 is 1.91 bits per heavy atom. The van der Waals surface area contributed by atoms with Gasteiger partial charge in [-0.2, -0.15) is 0 Å². The quantitative estimate of drug-likeness (QED) is 0.401. The van der Waals surface area contributed by atoms with E-state index in [-0.39, 0.29) is 30.4 Å². The number of nitrogens with two attached hydrogens (primary N) is 3. The van der Waals surface area contributed by atoms with Crippen LogP contribution in [0.2, 0.25) is 0 Å². The zero-order valence-electron chi connectivity index (χ0n) is 18.5. The van der Waals surface area contributed by atoms with Crippen molar-refractivity contribution in [3.8, 4) is 5.75 Å². The molecule has 0 bridgehead atoms. The number of hydrogen-bond donors (Lipinski definition) is 4. The minimum Gasteiger partial charge on any atom is -0.507 e. The van der Waals surface area contributed by atoms with Gasteiger partial charge in [-0.25, -0.2) is 13.6 Å². The highest BCUT2D eigenvalue weighted by molar-refractivity contribution is 5.89. The summed E-state index contributed by atoms with van der Waals surface area (Å²) in [5.41, 5.74) is 20.1. The summed E-state index contributed by atoms with van der Waals surface area (Å²) in [6.45, 7) is 1.63. The van der Waals surface area contributed by atoms with Crippen LogP contribution in [0, 0.1) is 6.92 Å². The van der Waals surface area contributed by atoms with Gasteiger partial charge >= 0.3 is 5.97 Å². The maximum atomic E-state index is 15.0. The molecule has 2 aromatic rings. The Morgan fingerprint density at radius 1 is 1.21 bits per heavy atom. The predicted octanol–water partition coefficient (Wildman–Crippen LogP) is 3.00. The lowest BCUT2D eigenvalue weighted by Crippen LogP contribution is -2.46. The number of para-hydroxylation sites is 1. The highest BCUT2D eigenvalue weighted by Gasteiger charge is 2.46. The van der Waals surface area contributed by atoms with Crippen LogP contribution in [-0.4, -0.2) is 42.1 Å². The van der Waals surface area contributed by atoms with Gasteiger partial charge in [0.25, 0.3) is 5.92 Å². The summed E-state index contributed by atoms with van der Waals surface area (Å²) >= 11 is 0. The molecular formula is C24H28F2N4O3. The summed E-state index contributed by atoms with van der Waals surface area (Å²) < 4.78 is 34.7. The lowest BCUT2D eigenvalue weighted by Gasteiger charge is -2.41. The molecule has 1 heterocycles. The Balaban J connectivity index is 1.95. The minimum atomic E-state index is -2.98. The number of halogens is 2. The standard InChI is InChI=1S/C24H28F2N4O3/c1-14-11-15(23(32)33-2)7-8-16(14)18-13-30(10-9-24(18,25)26)20(22(28)29)12-19(27)17-5-3-4-6-21(17)31/h3-8,11-12,18,31H,9-10,13,27-29H2,1-2H3/b19-12-. The van der Waals surface area contributed by atoms with Gasteiger partial charge < -0.3 is 31.9 Å². The van der Waals surface area contributed by atoms with Gasteiger partial charge in [0.1, 0.15) is 11.6 Å². The number of ether oxygens (including phenoxy) is 1. The number of likely N-dealkylation sites (tertiary alicyclic amines) is 1. The zero-order chi connectivity index (χ0) is 24.3. The van der Waals surface area contributed by atoms with E-state index < -0.39 is 24.2 Å². The third-order valence-corrected chi connectivity index (χ3v) is 5.84. The molecule has 1 aliphatic rings. The number of allylic oxidation sites excluding steroid dienone is 1. The van der Waals surface area contributed by atoms with Crippen LogP contribution in [0.15, 0.2) is 60.1 Å². The van der Waals surface area contributed by atoms with E-state index >= 15 is 8.78 Å². The Morgan fingerprint density at radius 3 is 2.52 bits per heavy atom. The van der Waals surface area contributed by atoms with E-state index in [2.05, 4.69) is 0 Å². The van der Waals surface area contributed by atoms with E-state index in [0.29, 0.717) is 28.0 Å². The number of carbonyl (C=O) groups excluding carboxylic acids is 1. The van der Waals surface area contributed by atoms with Crippen LogP contribution in [0.4, 0.5) is 8.78 Å². The van der Waals surface area contributed by atoms with E-state index in [1.165, 1.54) is 31.4 Å². The Kier molecular flexibility index (Phi) is 6.81. The number of aromatic hydroxyl groups is 1. The molecule has 33 heavy (non-hydrogen) atoms. The summed E-state index contributed by atoms with van der Waals surface area (Å²) in [5.74, 6) is -4.77. The van der Waals surface area contributed by atoms with Crippen LogP contribution in [0.1, 0.15) is 39.4 Å². The third-order valence-electron chi connectivity index (χ3n) is 5.84. The number of carbonyl (C=O) groups is 1. The van der Waals surface area contributed by atoms with Crippen LogP contribution in [0.3, 0.4) is 0 Å². The van der Waals surface area contributed by atoms with Crippen molar-refractivity contribution >= 4 is 11.7 Å². The van der Waals surface area contributed by atoms with Crippen LogP contribution in [0.5, 0.6) is 5.75 Å². The van der Waals surface area contributed by atoms with Crippen molar-refractivity contribution in [2.75, 3.05) is 20.2 Å². The molecule has 1 aliphatic heterocycles. The number of aryl methyl sites for hydroxylation is 1. The fourth-order valence-electron chi connectivity index (χ4n) is 4.06. The number of benzene rings is 2. The van der Waals surface area contributed by atoms with Crippen LogP contribution >= 0.6 is 0 Å². The molecule has 1 fully saturated rings. The number of methoxy groups -OCH3 is 1. The molecule has 176 valence electrons. The van der Waals surface area contributed by atoms with E-state index in [1.54, 1.807) is 36.1 Å². The van der Waals surface area contributed by atoms with Gasteiger partial charge in [0, 0.05) is 30.8 Å². The summed E-state index contributed by atoms with van der Waals surface area (Å²) in [6, 6.07) is 11.0. The number of phenolic OH excluding ortho intramolecular Hbond substituents is 1. The van der Waals surface area contributed by atoms with Crippen LogP contribution in [-0.2, 0) is 4.74 Å².